The first-order chi connectivity index (χ1) is 12.7. The van der Waals surface area contributed by atoms with Crippen LogP contribution in [-0.2, 0) is 14.3 Å². The fourth-order valence-corrected chi connectivity index (χ4v) is 2.86. The summed E-state index contributed by atoms with van der Waals surface area (Å²) in [5, 5.41) is 3.55. The molecule has 27 heavy (non-hydrogen) atoms. The zero-order valence-electron chi connectivity index (χ0n) is 15.6. The highest BCUT2D eigenvalue weighted by Gasteiger charge is 2.23. The zero-order chi connectivity index (χ0) is 20.1. The van der Waals surface area contributed by atoms with E-state index >= 15 is 0 Å². The molecule has 0 aliphatic heterocycles. The number of benzene rings is 1. The van der Waals surface area contributed by atoms with E-state index in [-0.39, 0.29) is 23.3 Å². The molecule has 2 rings (SSSR count). The summed E-state index contributed by atoms with van der Waals surface area (Å²) in [6.45, 7) is 5.28. The summed E-state index contributed by atoms with van der Waals surface area (Å²) < 4.78 is 15.3. The van der Waals surface area contributed by atoms with Gasteiger partial charge in [-0.1, -0.05) is 25.4 Å². The van der Waals surface area contributed by atoms with Crippen LogP contribution in [0.4, 0.5) is 0 Å². The van der Waals surface area contributed by atoms with E-state index in [9.17, 15) is 14.4 Å². The van der Waals surface area contributed by atoms with Gasteiger partial charge in [-0.05, 0) is 30.9 Å². The lowest BCUT2D eigenvalue weighted by Gasteiger charge is -2.18. The van der Waals surface area contributed by atoms with Crippen LogP contribution in [0, 0.1) is 12.8 Å². The van der Waals surface area contributed by atoms with Crippen molar-refractivity contribution in [2.24, 2.45) is 5.92 Å². The van der Waals surface area contributed by atoms with Gasteiger partial charge in [0.2, 0.25) is 0 Å². The van der Waals surface area contributed by atoms with Crippen LogP contribution in [0.15, 0.2) is 27.4 Å². The first-order valence-electron chi connectivity index (χ1n) is 8.45. The number of fused-ring (bicyclic) bond motifs is 1. The number of hydrogen-bond acceptors (Lipinski definition) is 6. The number of esters is 1. The largest absolute Gasteiger partial charge is 0.482 e. The molecule has 1 amide bonds. The summed E-state index contributed by atoms with van der Waals surface area (Å²) in [6, 6.07) is 3.69. The van der Waals surface area contributed by atoms with Crippen molar-refractivity contribution in [2.45, 2.75) is 33.2 Å². The van der Waals surface area contributed by atoms with Crippen molar-refractivity contribution in [3.63, 3.8) is 0 Å². The Morgan fingerprint density at radius 3 is 2.59 bits per heavy atom. The fraction of sp³-hybridized carbons (Fsp3) is 0.421. The number of ether oxygens (including phenoxy) is 2. The van der Waals surface area contributed by atoms with E-state index in [1.165, 1.54) is 19.2 Å². The minimum Gasteiger partial charge on any atom is -0.482 e. The van der Waals surface area contributed by atoms with Crippen LogP contribution in [-0.4, -0.2) is 31.6 Å². The van der Waals surface area contributed by atoms with Gasteiger partial charge in [-0.15, -0.1) is 0 Å². The van der Waals surface area contributed by atoms with Crippen LogP contribution in [0.3, 0.4) is 0 Å². The Morgan fingerprint density at radius 1 is 1.26 bits per heavy atom. The molecule has 1 aromatic heterocycles. The molecule has 0 spiro atoms. The second-order valence-corrected chi connectivity index (χ2v) is 7.00. The lowest BCUT2D eigenvalue weighted by atomic mass is 10.0. The van der Waals surface area contributed by atoms with Gasteiger partial charge in [0.15, 0.2) is 6.61 Å². The Morgan fingerprint density at radius 2 is 1.96 bits per heavy atom. The molecular weight excluding hydrogens is 374 g/mol. The van der Waals surface area contributed by atoms with Gasteiger partial charge in [-0.3, -0.25) is 4.79 Å². The van der Waals surface area contributed by atoms with Crippen LogP contribution in [0.1, 0.15) is 25.8 Å². The van der Waals surface area contributed by atoms with E-state index in [1.54, 1.807) is 13.0 Å². The maximum Gasteiger partial charge on any atom is 0.336 e. The Labute approximate surface area is 161 Å². The second kappa shape index (κ2) is 8.90. The molecule has 8 heteroatoms. The van der Waals surface area contributed by atoms with Crippen molar-refractivity contribution >= 4 is 34.4 Å². The summed E-state index contributed by atoms with van der Waals surface area (Å²) in [6.07, 6.45) is 0.444. The van der Waals surface area contributed by atoms with Gasteiger partial charge in [-0.2, -0.15) is 0 Å². The summed E-state index contributed by atoms with van der Waals surface area (Å²) in [5.41, 5.74) is 0.551. The third-order valence-corrected chi connectivity index (χ3v) is 4.19. The molecule has 1 atom stereocenters. The minimum absolute atomic E-state index is 0.191. The molecule has 146 valence electrons. The minimum atomic E-state index is -0.751. The number of halogens is 1. The Bertz CT molecular complexity index is 905. The Balaban J connectivity index is 2.11. The van der Waals surface area contributed by atoms with E-state index < -0.39 is 23.5 Å². The van der Waals surface area contributed by atoms with Crippen LogP contribution in [0.2, 0.25) is 5.02 Å². The number of amides is 1. The molecule has 0 fully saturated rings. The van der Waals surface area contributed by atoms with E-state index in [4.69, 9.17) is 25.5 Å². The van der Waals surface area contributed by atoms with Crippen LogP contribution >= 0.6 is 11.6 Å². The molecule has 0 bridgehead atoms. The van der Waals surface area contributed by atoms with Crippen LogP contribution in [0.5, 0.6) is 5.75 Å². The molecule has 2 aromatic rings. The molecule has 0 saturated carbocycles. The van der Waals surface area contributed by atoms with Gasteiger partial charge in [0.25, 0.3) is 5.91 Å². The molecule has 7 nitrogen and oxygen atoms in total. The predicted molar refractivity (Wildman–Crippen MR) is 101 cm³/mol. The number of carbonyl (C=O) groups excluding carboxylic acids is 2. The zero-order valence-corrected chi connectivity index (χ0v) is 16.4. The third-order valence-electron chi connectivity index (χ3n) is 3.89. The second-order valence-electron chi connectivity index (χ2n) is 6.59. The molecule has 1 aromatic carbocycles. The highest BCUT2D eigenvalue weighted by Crippen LogP contribution is 2.30. The SMILES string of the molecule is COC(=O)[C@H](CC(C)C)NC(=O)COc1cc2oc(=O)cc(C)c2cc1Cl. The highest BCUT2D eigenvalue weighted by molar-refractivity contribution is 6.32. The van der Waals surface area contributed by atoms with Gasteiger partial charge < -0.3 is 19.2 Å². The summed E-state index contributed by atoms with van der Waals surface area (Å²) in [5.74, 6) is -0.617. The number of methoxy groups -OCH3 is 1. The predicted octanol–water partition coefficient (Wildman–Crippen LogP) is 2.84. The van der Waals surface area contributed by atoms with Crippen molar-refractivity contribution in [3.05, 3.63) is 39.2 Å². The van der Waals surface area contributed by atoms with Gasteiger partial charge in [0.05, 0.1) is 12.1 Å². The van der Waals surface area contributed by atoms with E-state index in [0.29, 0.717) is 17.4 Å². The summed E-state index contributed by atoms with van der Waals surface area (Å²) >= 11 is 6.20. The molecule has 0 aliphatic rings. The quantitative estimate of drug-likeness (QED) is 0.572. The number of nitrogens with one attached hydrogen (secondary N) is 1. The smallest absolute Gasteiger partial charge is 0.336 e. The van der Waals surface area contributed by atoms with Gasteiger partial charge >= 0.3 is 11.6 Å². The van der Waals surface area contributed by atoms with Crippen molar-refractivity contribution in [1.82, 2.24) is 5.32 Å². The number of rotatable bonds is 7. The number of hydrogen-bond donors (Lipinski definition) is 1. The monoisotopic (exact) mass is 395 g/mol. The van der Waals surface area contributed by atoms with Gasteiger partial charge in [0, 0.05) is 17.5 Å². The standard InChI is InChI=1S/C19H22ClNO6/c1-10(2)5-14(19(24)25-4)21-17(22)9-26-16-8-15-12(7-13(16)20)11(3)6-18(23)27-15/h6-8,10,14H,5,9H2,1-4H3,(H,21,22)/t14-/m0/s1. The molecule has 0 radical (unpaired) electrons. The maximum absolute atomic E-state index is 12.2. The van der Waals surface area contributed by atoms with Crippen LogP contribution < -0.4 is 15.7 Å². The van der Waals surface area contributed by atoms with Gasteiger partial charge in [0.1, 0.15) is 17.4 Å². The van der Waals surface area contributed by atoms with Crippen LogP contribution in [0.25, 0.3) is 11.0 Å². The Kier molecular flexibility index (Phi) is 6.85. The number of aryl methyl sites for hydroxylation is 1. The number of carbonyl (C=O) groups is 2. The van der Waals surface area contributed by atoms with E-state index in [2.05, 4.69) is 5.32 Å². The highest BCUT2D eigenvalue weighted by atomic mass is 35.5. The van der Waals surface area contributed by atoms with Crippen molar-refractivity contribution in [2.75, 3.05) is 13.7 Å². The fourth-order valence-electron chi connectivity index (χ4n) is 2.64. The van der Waals surface area contributed by atoms with Crippen molar-refractivity contribution < 1.29 is 23.5 Å². The molecular formula is C19H22ClNO6. The lowest BCUT2D eigenvalue weighted by Crippen LogP contribution is -2.44. The van der Waals surface area contributed by atoms with Crippen molar-refractivity contribution in [1.29, 1.82) is 0 Å². The summed E-state index contributed by atoms with van der Waals surface area (Å²) in [7, 11) is 1.27. The normalized spacial score (nSPS) is 12.1. The van der Waals surface area contributed by atoms with E-state index in [0.717, 1.165) is 5.56 Å². The maximum atomic E-state index is 12.2. The molecule has 1 heterocycles. The Hall–Kier alpha value is -2.54. The first-order valence-corrected chi connectivity index (χ1v) is 8.83. The lowest BCUT2D eigenvalue weighted by molar-refractivity contribution is -0.145. The van der Waals surface area contributed by atoms with Crippen molar-refractivity contribution in [3.8, 4) is 5.75 Å². The summed E-state index contributed by atoms with van der Waals surface area (Å²) in [4.78, 5) is 35.5. The first kappa shape index (κ1) is 20.8. The van der Waals surface area contributed by atoms with E-state index in [1.807, 2.05) is 13.8 Å². The molecule has 0 unspecified atom stereocenters. The average Bonchev–Trinajstić information content (AvgIpc) is 2.59. The average molecular weight is 396 g/mol. The van der Waals surface area contributed by atoms with Gasteiger partial charge in [-0.25, -0.2) is 9.59 Å². The molecule has 1 N–H and O–H groups in total. The topological polar surface area (TPSA) is 94.8 Å². The third kappa shape index (κ3) is 5.47. The molecule has 0 saturated heterocycles. The molecule has 0 aliphatic carbocycles.